The number of nitrogens with one attached hydrogen (secondary N) is 2. The highest BCUT2D eigenvalue weighted by molar-refractivity contribution is 6.04. The van der Waals surface area contributed by atoms with Gasteiger partial charge in [0.05, 0.1) is 11.3 Å². The first-order chi connectivity index (χ1) is 11.0. The van der Waals surface area contributed by atoms with Gasteiger partial charge in [0.15, 0.2) is 6.10 Å². The molecule has 1 atom stereocenters. The van der Waals surface area contributed by atoms with Gasteiger partial charge in [-0.15, -0.1) is 0 Å². The number of benzene rings is 2. The fourth-order valence-corrected chi connectivity index (χ4v) is 2.12. The lowest BCUT2D eigenvalue weighted by molar-refractivity contribution is -0.124. The van der Waals surface area contributed by atoms with Crippen LogP contribution in [0.1, 0.15) is 35.9 Å². The van der Waals surface area contributed by atoms with Crippen molar-refractivity contribution in [1.82, 2.24) is 5.32 Å². The molecule has 0 spiro atoms. The van der Waals surface area contributed by atoms with Gasteiger partial charge in [0.1, 0.15) is 0 Å². The molecule has 2 rings (SSSR count). The van der Waals surface area contributed by atoms with Gasteiger partial charge in [0.25, 0.3) is 11.8 Å². The molecule has 0 aromatic heterocycles. The first-order valence-electron chi connectivity index (χ1n) is 7.43. The molecule has 0 heterocycles. The highest BCUT2D eigenvalue weighted by Gasteiger charge is 2.19. The maximum absolute atomic E-state index is 12.2. The van der Waals surface area contributed by atoms with Crippen molar-refractivity contribution in [2.75, 3.05) is 5.32 Å². The predicted molar refractivity (Wildman–Crippen MR) is 89.1 cm³/mol. The number of amides is 2. The molecular weight excluding hydrogens is 292 g/mol. The van der Waals surface area contributed by atoms with Crippen LogP contribution in [-0.4, -0.2) is 23.0 Å². The molecule has 5 heteroatoms. The number of hydrogen-bond donors (Lipinski definition) is 3. The summed E-state index contributed by atoms with van der Waals surface area (Å²) in [5.41, 5.74) is 1.22. The summed E-state index contributed by atoms with van der Waals surface area (Å²) >= 11 is 0. The van der Waals surface area contributed by atoms with Crippen LogP contribution >= 0.6 is 0 Å². The standard InChI is InChI=1S/C18H20N2O3/c1-12(2)19-17(22)14-10-6-7-11-15(14)20-18(23)16(21)13-8-4-3-5-9-13/h3-12,16,21H,1-2H3,(H,19,22)(H,20,23). The zero-order chi connectivity index (χ0) is 16.8. The second-order valence-electron chi connectivity index (χ2n) is 5.48. The Bertz CT molecular complexity index is 684. The maximum Gasteiger partial charge on any atom is 0.257 e. The highest BCUT2D eigenvalue weighted by Crippen LogP contribution is 2.19. The van der Waals surface area contributed by atoms with Gasteiger partial charge >= 0.3 is 0 Å². The first kappa shape index (κ1) is 16.7. The van der Waals surface area contributed by atoms with Crippen LogP contribution < -0.4 is 10.6 Å². The number of para-hydroxylation sites is 1. The molecule has 0 fully saturated rings. The number of aliphatic hydroxyl groups excluding tert-OH is 1. The van der Waals surface area contributed by atoms with E-state index in [0.717, 1.165) is 0 Å². The molecule has 0 aliphatic rings. The maximum atomic E-state index is 12.2. The predicted octanol–water partition coefficient (Wildman–Crippen LogP) is 2.50. The van der Waals surface area contributed by atoms with Gasteiger partial charge < -0.3 is 15.7 Å². The number of carbonyl (C=O) groups is 2. The van der Waals surface area contributed by atoms with E-state index in [2.05, 4.69) is 10.6 Å². The van der Waals surface area contributed by atoms with Gasteiger partial charge in [0.2, 0.25) is 0 Å². The lowest BCUT2D eigenvalue weighted by Gasteiger charge is -2.15. The Labute approximate surface area is 135 Å². The minimum atomic E-state index is -1.29. The number of rotatable bonds is 5. The van der Waals surface area contributed by atoms with Crippen LogP contribution in [0.4, 0.5) is 5.69 Å². The number of hydrogen-bond acceptors (Lipinski definition) is 3. The lowest BCUT2D eigenvalue weighted by atomic mass is 10.1. The third-order valence-electron chi connectivity index (χ3n) is 3.21. The van der Waals surface area contributed by atoms with Crippen LogP contribution in [0.15, 0.2) is 54.6 Å². The van der Waals surface area contributed by atoms with Crippen molar-refractivity contribution in [2.24, 2.45) is 0 Å². The summed E-state index contributed by atoms with van der Waals surface area (Å²) in [6, 6.07) is 15.3. The Hall–Kier alpha value is -2.66. The summed E-state index contributed by atoms with van der Waals surface area (Å²) in [6.07, 6.45) is -1.29. The van der Waals surface area contributed by atoms with E-state index in [0.29, 0.717) is 16.8 Å². The average Bonchev–Trinajstić information content (AvgIpc) is 2.54. The topological polar surface area (TPSA) is 78.4 Å². The van der Waals surface area contributed by atoms with E-state index in [9.17, 15) is 14.7 Å². The van der Waals surface area contributed by atoms with Crippen molar-refractivity contribution in [3.8, 4) is 0 Å². The molecule has 2 amide bonds. The van der Waals surface area contributed by atoms with E-state index < -0.39 is 12.0 Å². The molecule has 1 unspecified atom stereocenters. The van der Waals surface area contributed by atoms with E-state index in [1.54, 1.807) is 54.6 Å². The van der Waals surface area contributed by atoms with Crippen LogP contribution in [-0.2, 0) is 4.79 Å². The largest absolute Gasteiger partial charge is 0.378 e. The molecule has 2 aromatic rings. The molecule has 23 heavy (non-hydrogen) atoms. The monoisotopic (exact) mass is 312 g/mol. The molecule has 2 aromatic carbocycles. The molecular formula is C18H20N2O3. The van der Waals surface area contributed by atoms with Crippen molar-refractivity contribution in [3.63, 3.8) is 0 Å². The molecule has 3 N–H and O–H groups in total. The van der Waals surface area contributed by atoms with Crippen molar-refractivity contribution in [2.45, 2.75) is 26.0 Å². The van der Waals surface area contributed by atoms with Gasteiger partial charge in [-0.25, -0.2) is 0 Å². The van der Waals surface area contributed by atoms with Crippen LogP contribution in [0.2, 0.25) is 0 Å². The minimum Gasteiger partial charge on any atom is -0.378 e. The third kappa shape index (κ3) is 4.40. The highest BCUT2D eigenvalue weighted by atomic mass is 16.3. The summed E-state index contributed by atoms with van der Waals surface area (Å²) in [5, 5.41) is 15.5. The van der Waals surface area contributed by atoms with E-state index in [-0.39, 0.29) is 11.9 Å². The normalized spacial score (nSPS) is 11.8. The Morgan fingerprint density at radius 3 is 2.22 bits per heavy atom. The van der Waals surface area contributed by atoms with Gasteiger partial charge in [-0.05, 0) is 31.5 Å². The summed E-state index contributed by atoms with van der Waals surface area (Å²) in [5.74, 6) is -0.855. The summed E-state index contributed by atoms with van der Waals surface area (Å²) < 4.78 is 0. The zero-order valence-corrected chi connectivity index (χ0v) is 13.1. The van der Waals surface area contributed by atoms with Gasteiger partial charge in [0, 0.05) is 6.04 Å². The molecule has 0 aliphatic carbocycles. The molecule has 0 bridgehead atoms. The molecule has 5 nitrogen and oxygen atoms in total. The second-order valence-corrected chi connectivity index (χ2v) is 5.48. The Morgan fingerprint density at radius 2 is 1.57 bits per heavy atom. The molecule has 0 aliphatic heterocycles. The SMILES string of the molecule is CC(C)NC(=O)c1ccccc1NC(=O)C(O)c1ccccc1. The summed E-state index contributed by atoms with van der Waals surface area (Å²) in [7, 11) is 0. The lowest BCUT2D eigenvalue weighted by Crippen LogP contribution is -2.31. The van der Waals surface area contributed by atoms with E-state index in [4.69, 9.17) is 0 Å². The van der Waals surface area contributed by atoms with Crippen LogP contribution in [0.5, 0.6) is 0 Å². The van der Waals surface area contributed by atoms with Gasteiger partial charge in [-0.1, -0.05) is 42.5 Å². The van der Waals surface area contributed by atoms with Crippen LogP contribution in [0.25, 0.3) is 0 Å². The third-order valence-corrected chi connectivity index (χ3v) is 3.21. The quantitative estimate of drug-likeness (QED) is 0.793. The van der Waals surface area contributed by atoms with Crippen molar-refractivity contribution in [3.05, 3.63) is 65.7 Å². The zero-order valence-electron chi connectivity index (χ0n) is 13.1. The fraction of sp³-hybridized carbons (Fsp3) is 0.222. The molecule has 0 radical (unpaired) electrons. The smallest absolute Gasteiger partial charge is 0.257 e. The molecule has 120 valence electrons. The van der Waals surface area contributed by atoms with Crippen LogP contribution in [0, 0.1) is 0 Å². The Morgan fingerprint density at radius 1 is 0.957 bits per heavy atom. The van der Waals surface area contributed by atoms with Crippen LogP contribution in [0.3, 0.4) is 0 Å². The summed E-state index contributed by atoms with van der Waals surface area (Å²) in [4.78, 5) is 24.4. The van der Waals surface area contributed by atoms with Gasteiger partial charge in [-0.3, -0.25) is 9.59 Å². The van der Waals surface area contributed by atoms with Gasteiger partial charge in [-0.2, -0.15) is 0 Å². The molecule has 0 saturated heterocycles. The van der Waals surface area contributed by atoms with E-state index in [1.165, 1.54) is 0 Å². The summed E-state index contributed by atoms with van der Waals surface area (Å²) in [6.45, 7) is 3.72. The molecule has 0 saturated carbocycles. The number of aliphatic hydroxyl groups is 1. The van der Waals surface area contributed by atoms with Crippen molar-refractivity contribution in [1.29, 1.82) is 0 Å². The first-order valence-corrected chi connectivity index (χ1v) is 7.43. The second kappa shape index (κ2) is 7.56. The minimum absolute atomic E-state index is 0.0128. The number of anilines is 1. The van der Waals surface area contributed by atoms with E-state index >= 15 is 0 Å². The fourth-order valence-electron chi connectivity index (χ4n) is 2.12. The van der Waals surface area contributed by atoms with Crippen molar-refractivity contribution >= 4 is 17.5 Å². The van der Waals surface area contributed by atoms with E-state index in [1.807, 2.05) is 13.8 Å². The Balaban J connectivity index is 2.17. The average molecular weight is 312 g/mol. The Kier molecular flexibility index (Phi) is 5.49. The van der Waals surface area contributed by atoms with Crippen molar-refractivity contribution < 1.29 is 14.7 Å². The number of carbonyl (C=O) groups excluding carboxylic acids is 2.